The summed E-state index contributed by atoms with van der Waals surface area (Å²) >= 11 is 0. The van der Waals surface area contributed by atoms with Crippen molar-refractivity contribution >= 4 is 24.1 Å². The summed E-state index contributed by atoms with van der Waals surface area (Å²) in [5.41, 5.74) is 1.76. The average molecular weight is 548 g/mol. The van der Waals surface area contributed by atoms with Crippen LogP contribution in [0, 0.1) is 0 Å². The molecule has 39 heavy (non-hydrogen) atoms. The Bertz CT molecular complexity index is 966. The minimum atomic E-state index is -1.03. The van der Waals surface area contributed by atoms with Crippen molar-refractivity contribution in [3.63, 3.8) is 0 Å². The number of nitrogens with one attached hydrogen (secondary N) is 2. The van der Waals surface area contributed by atoms with Crippen molar-refractivity contribution in [1.29, 1.82) is 0 Å². The number of likely N-dealkylation sites (N-methyl/N-ethyl adjacent to an activating group) is 1. The zero-order valence-electron chi connectivity index (χ0n) is 23.2. The second-order valence-electron chi connectivity index (χ2n) is 8.69. The van der Waals surface area contributed by atoms with Crippen LogP contribution in [0.15, 0.2) is 49.1 Å². The average Bonchev–Trinajstić information content (AvgIpc) is 2.93. The lowest BCUT2D eigenvalue weighted by Crippen LogP contribution is -2.35. The fourth-order valence-corrected chi connectivity index (χ4v) is 3.16. The molecule has 0 aliphatic carbocycles. The van der Waals surface area contributed by atoms with Gasteiger partial charge >= 0.3 is 24.1 Å². The first-order chi connectivity index (χ1) is 18.7. The van der Waals surface area contributed by atoms with Gasteiger partial charge in [0.2, 0.25) is 0 Å². The summed E-state index contributed by atoms with van der Waals surface area (Å²) in [6.07, 6.45) is 0.869. The lowest BCUT2D eigenvalue weighted by atomic mass is 10.1. The van der Waals surface area contributed by atoms with Crippen LogP contribution in [0.1, 0.15) is 44.7 Å². The number of ether oxygens (including phenoxy) is 4. The van der Waals surface area contributed by atoms with Gasteiger partial charge in [-0.1, -0.05) is 57.7 Å². The highest BCUT2D eigenvalue weighted by Gasteiger charge is 2.19. The Hall–Kier alpha value is -3.86. The number of rotatable bonds is 18. The van der Waals surface area contributed by atoms with E-state index in [9.17, 15) is 19.2 Å². The first-order valence-corrected chi connectivity index (χ1v) is 13.0. The van der Waals surface area contributed by atoms with Crippen LogP contribution in [0.2, 0.25) is 0 Å². The van der Waals surface area contributed by atoms with Crippen LogP contribution in [-0.4, -0.2) is 74.6 Å². The lowest BCUT2D eigenvalue weighted by Gasteiger charge is -2.19. The lowest BCUT2D eigenvalue weighted by molar-refractivity contribution is -0.147. The number of amides is 2. The highest BCUT2D eigenvalue weighted by molar-refractivity contribution is 5.87. The van der Waals surface area contributed by atoms with Gasteiger partial charge in [0, 0.05) is 31.3 Å². The summed E-state index contributed by atoms with van der Waals surface area (Å²) in [5, 5.41) is 5.32. The molecule has 0 fully saturated rings. The molecule has 0 heterocycles. The maximum Gasteiger partial charge on any atom is 0.407 e. The predicted octanol–water partition coefficient (Wildman–Crippen LogP) is 3.48. The van der Waals surface area contributed by atoms with E-state index in [1.807, 2.05) is 12.1 Å². The molecular formula is C28H41N3O8. The number of alkyl carbamates (subject to hydrolysis) is 2. The molecule has 0 aromatic heterocycles. The number of carbonyl (C=O) groups excluding carboxylic acids is 4. The number of hydrogen-bond acceptors (Lipinski definition) is 9. The molecule has 11 nitrogen and oxygen atoms in total. The summed E-state index contributed by atoms with van der Waals surface area (Å²) in [4.78, 5) is 49.6. The SMILES string of the molecule is C=CC(=O)OCC(COC(=O)C(=C)C)OC(=O)NCc1cccc(CNC(=O)OCCN(CC)CCCC)c1. The monoisotopic (exact) mass is 547 g/mol. The third-order valence-corrected chi connectivity index (χ3v) is 5.38. The molecule has 2 amide bonds. The van der Waals surface area contributed by atoms with E-state index < -0.39 is 30.2 Å². The number of carbonyl (C=O) groups is 4. The molecule has 1 atom stereocenters. The standard InChI is InChI=1S/C28H41N3O8/c1-6-9-13-31(8-3)14-15-36-27(34)29-17-22-11-10-12-23(16-22)18-30-28(35)39-24(19-37-25(32)7-2)20-38-26(33)21(4)5/h7,10-12,16,24H,2,4,6,8-9,13-15,17-20H2,1,3,5H3,(H,29,34)(H,30,35). The Kier molecular flexibility index (Phi) is 16.4. The van der Waals surface area contributed by atoms with Gasteiger partial charge in [-0.3, -0.25) is 0 Å². The van der Waals surface area contributed by atoms with E-state index >= 15 is 0 Å². The van der Waals surface area contributed by atoms with E-state index in [0.29, 0.717) is 13.2 Å². The molecule has 1 rings (SSSR count). The first-order valence-electron chi connectivity index (χ1n) is 13.0. The quantitative estimate of drug-likeness (QED) is 0.161. The Morgan fingerprint density at radius 3 is 2.21 bits per heavy atom. The summed E-state index contributed by atoms with van der Waals surface area (Å²) in [6, 6.07) is 7.26. The number of benzene rings is 1. The molecular weight excluding hydrogens is 506 g/mol. The summed E-state index contributed by atoms with van der Waals surface area (Å²) in [6.45, 7) is 15.1. The Labute approximate surface area is 230 Å². The van der Waals surface area contributed by atoms with Crippen molar-refractivity contribution in [2.45, 2.75) is 52.8 Å². The topological polar surface area (TPSA) is 132 Å². The van der Waals surface area contributed by atoms with Gasteiger partial charge in [0.15, 0.2) is 6.10 Å². The van der Waals surface area contributed by atoms with Crippen molar-refractivity contribution < 1.29 is 38.1 Å². The van der Waals surface area contributed by atoms with Crippen molar-refractivity contribution in [2.75, 3.05) is 39.5 Å². The Morgan fingerprint density at radius 2 is 1.62 bits per heavy atom. The molecule has 0 saturated carbocycles. The maximum absolute atomic E-state index is 12.3. The molecule has 1 unspecified atom stereocenters. The van der Waals surface area contributed by atoms with Gasteiger partial charge in [-0.15, -0.1) is 0 Å². The van der Waals surface area contributed by atoms with E-state index in [-0.39, 0.29) is 31.9 Å². The Balaban J connectivity index is 2.51. The van der Waals surface area contributed by atoms with E-state index in [1.165, 1.54) is 6.92 Å². The predicted molar refractivity (Wildman–Crippen MR) is 146 cm³/mol. The molecule has 0 bridgehead atoms. The normalized spacial score (nSPS) is 11.2. The molecule has 0 radical (unpaired) electrons. The zero-order chi connectivity index (χ0) is 29.0. The number of esters is 2. The molecule has 0 spiro atoms. The van der Waals surface area contributed by atoms with Crippen LogP contribution >= 0.6 is 0 Å². The van der Waals surface area contributed by atoms with Gasteiger partial charge < -0.3 is 34.5 Å². The zero-order valence-corrected chi connectivity index (χ0v) is 23.2. The number of nitrogens with zero attached hydrogens (tertiary/aromatic N) is 1. The fourth-order valence-electron chi connectivity index (χ4n) is 3.16. The first kappa shape index (κ1) is 33.2. The highest BCUT2D eigenvalue weighted by Crippen LogP contribution is 2.06. The smallest absolute Gasteiger partial charge is 0.407 e. The molecule has 1 aromatic carbocycles. The van der Waals surface area contributed by atoms with Gasteiger partial charge in [-0.2, -0.15) is 0 Å². The van der Waals surface area contributed by atoms with Crippen LogP contribution in [0.5, 0.6) is 0 Å². The minimum Gasteiger partial charge on any atom is -0.458 e. The van der Waals surface area contributed by atoms with Crippen molar-refractivity contribution in [3.8, 4) is 0 Å². The molecule has 11 heteroatoms. The Morgan fingerprint density at radius 1 is 0.974 bits per heavy atom. The van der Waals surface area contributed by atoms with Crippen LogP contribution < -0.4 is 10.6 Å². The third kappa shape index (κ3) is 15.2. The van der Waals surface area contributed by atoms with Gasteiger partial charge in [0.1, 0.15) is 19.8 Å². The van der Waals surface area contributed by atoms with Crippen LogP contribution in [0.4, 0.5) is 9.59 Å². The van der Waals surface area contributed by atoms with Crippen LogP contribution in [0.25, 0.3) is 0 Å². The molecule has 0 aliphatic heterocycles. The second-order valence-corrected chi connectivity index (χ2v) is 8.69. The van der Waals surface area contributed by atoms with Crippen molar-refractivity contribution in [2.24, 2.45) is 0 Å². The van der Waals surface area contributed by atoms with E-state index in [2.05, 4.69) is 42.5 Å². The molecule has 0 saturated heterocycles. The van der Waals surface area contributed by atoms with E-state index in [4.69, 9.17) is 18.9 Å². The van der Waals surface area contributed by atoms with Gasteiger partial charge in [0.05, 0.1) is 0 Å². The number of hydrogen-bond donors (Lipinski definition) is 2. The van der Waals surface area contributed by atoms with Gasteiger partial charge in [-0.25, -0.2) is 19.2 Å². The maximum atomic E-state index is 12.3. The number of unbranched alkanes of at least 4 members (excludes halogenated alkanes) is 1. The van der Waals surface area contributed by atoms with Crippen molar-refractivity contribution in [3.05, 3.63) is 60.2 Å². The molecule has 1 aromatic rings. The minimum absolute atomic E-state index is 0.131. The second kappa shape index (κ2) is 19.2. The van der Waals surface area contributed by atoms with E-state index in [1.54, 1.807) is 12.1 Å². The largest absolute Gasteiger partial charge is 0.458 e. The molecule has 0 aliphatic rings. The van der Waals surface area contributed by atoms with Crippen molar-refractivity contribution in [1.82, 2.24) is 15.5 Å². The summed E-state index contributed by atoms with van der Waals surface area (Å²) in [5.74, 6) is -1.37. The molecule has 2 N–H and O–H groups in total. The highest BCUT2D eigenvalue weighted by atomic mass is 16.6. The van der Waals surface area contributed by atoms with E-state index in [0.717, 1.165) is 43.1 Å². The fraction of sp³-hybridized carbons (Fsp3) is 0.500. The summed E-state index contributed by atoms with van der Waals surface area (Å²) in [7, 11) is 0. The van der Waals surface area contributed by atoms with Crippen LogP contribution in [0.3, 0.4) is 0 Å². The molecule has 216 valence electrons. The van der Waals surface area contributed by atoms with Gasteiger partial charge in [0.25, 0.3) is 0 Å². The third-order valence-electron chi connectivity index (χ3n) is 5.38. The summed E-state index contributed by atoms with van der Waals surface area (Å²) < 4.78 is 20.4. The van der Waals surface area contributed by atoms with Gasteiger partial charge in [-0.05, 0) is 37.6 Å². The van der Waals surface area contributed by atoms with Crippen LogP contribution in [-0.2, 0) is 41.6 Å².